The third-order valence-electron chi connectivity index (χ3n) is 5.98. The first kappa shape index (κ1) is 25.5. The molecule has 0 saturated heterocycles. The summed E-state index contributed by atoms with van der Waals surface area (Å²) in [5.74, 6) is -0.0596. The zero-order valence-electron chi connectivity index (χ0n) is 20.5. The highest BCUT2D eigenvalue weighted by atomic mass is 16.6. The van der Waals surface area contributed by atoms with E-state index in [2.05, 4.69) is 36.5 Å². The minimum Gasteiger partial charge on any atom is -0.494 e. The highest BCUT2D eigenvalue weighted by Crippen LogP contribution is 2.46. The average Bonchev–Trinajstić information content (AvgIpc) is 2.83. The lowest BCUT2D eigenvalue weighted by Gasteiger charge is -2.41. The van der Waals surface area contributed by atoms with Crippen molar-refractivity contribution in [3.05, 3.63) is 70.5 Å². The van der Waals surface area contributed by atoms with Crippen molar-refractivity contribution < 1.29 is 28.5 Å². The third-order valence-corrected chi connectivity index (χ3v) is 5.98. The van der Waals surface area contributed by atoms with Crippen molar-refractivity contribution in [1.82, 2.24) is 0 Å². The molecule has 0 spiro atoms. The Morgan fingerprint density at radius 3 is 2.56 bits per heavy atom. The zero-order valence-corrected chi connectivity index (χ0v) is 20.5. The molecule has 7 nitrogen and oxygen atoms in total. The van der Waals surface area contributed by atoms with Gasteiger partial charge in [0.1, 0.15) is 0 Å². The van der Waals surface area contributed by atoms with E-state index in [4.69, 9.17) is 18.9 Å². The smallest absolute Gasteiger partial charge is 0.308 e. The van der Waals surface area contributed by atoms with Crippen LogP contribution in [-0.2, 0) is 40.6 Å². The highest BCUT2D eigenvalue weighted by Gasteiger charge is 2.52. The molecule has 3 rings (SSSR count). The number of carbonyl (C=O) groups is 2. The van der Waals surface area contributed by atoms with E-state index in [1.807, 2.05) is 6.07 Å². The number of unbranched alkanes of at least 4 members (excludes halogenated alkanes) is 1. The first-order chi connectivity index (χ1) is 16.4. The summed E-state index contributed by atoms with van der Waals surface area (Å²) in [5, 5.41) is 3.07. The number of nitrogens with one attached hydrogen (secondary N) is 1. The molecular formula is C27H33NO6. The summed E-state index contributed by atoms with van der Waals surface area (Å²) in [6.45, 7) is 3.74. The number of hydrogen-bond acceptors (Lipinski definition) is 7. The molecule has 2 aromatic carbocycles. The van der Waals surface area contributed by atoms with Gasteiger partial charge in [0.2, 0.25) is 0 Å². The summed E-state index contributed by atoms with van der Waals surface area (Å²) in [6, 6.07) is 13.9. The monoisotopic (exact) mass is 467 g/mol. The quantitative estimate of drug-likeness (QED) is 0.298. The Hall–Kier alpha value is -3.16. The molecule has 0 bridgehead atoms. The topological polar surface area (TPSA) is 83.1 Å². The molecule has 0 aromatic heterocycles. The largest absolute Gasteiger partial charge is 0.494 e. The SMILES string of the molecule is CNc1ccc2c(c1)C(OC(C)=O)=C(OC)C(OC)C2(C=O)OCCCCc1cccc(C)c1. The van der Waals surface area contributed by atoms with Gasteiger partial charge in [-0.3, -0.25) is 9.59 Å². The maximum absolute atomic E-state index is 12.7. The van der Waals surface area contributed by atoms with Crippen LogP contribution in [0.4, 0.5) is 5.69 Å². The van der Waals surface area contributed by atoms with Gasteiger partial charge in [-0.15, -0.1) is 0 Å². The number of hydrogen-bond donors (Lipinski definition) is 1. The lowest BCUT2D eigenvalue weighted by Crippen LogP contribution is -2.49. The van der Waals surface area contributed by atoms with E-state index in [0.717, 1.165) is 31.2 Å². The maximum Gasteiger partial charge on any atom is 0.308 e. The van der Waals surface area contributed by atoms with Crippen LogP contribution in [0.5, 0.6) is 0 Å². The molecule has 2 unspecified atom stereocenters. The number of esters is 1. The fourth-order valence-electron chi connectivity index (χ4n) is 4.40. The Balaban J connectivity index is 1.91. The Morgan fingerprint density at radius 2 is 1.94 bits per heavy atom. The molecule has 7 heteroatoms. The van der Waals surface area contributed by atoms with Crippen LogP contribution in [0.15, 0.2) is 48.2 Å². The van der Waals surface area contributed by atoms with Crippen LogP contribution in [-0.4, -0.2) is 46.2 Å². The molecule has 0 saturated carbocycles. The molecule has 2 atom stereocenters. The number of anilines is 1. The highest BCUT2D eigenvalue weighted by molar-refractivity contribution is 5.85. The van der Waals surface area contributed by atoms with Crippen molar-refractivity contribution in [1.29, 1.82) is 0 Å². The normalized spacial score (nSPS) is 19.4. The lowest BCUT2D eigenvalue weighted by molar-refractivity contribution is -0.159. The van der Waals surface area contributed by atoms with Crippen molar-refractivity contribution in [3.63, 3.8) is 0 Å². The van der Waals surface area contributed by atoms with Crippen LogP contribution in [0.1, 0.15) is 42.0 Å². The molecule has 1 N–H and O–H groups in total. The van der Waals surface area contributed by atoms with E-state index in [0.29, 0.717) is 17.7 Å². The van der Waals surface area contributed by atoms with Gasteiger partial charge in [-0.05, 0) is 43.9 Å². The standard InChI is InChI=1S/C27H33NO6/c1-18-9-8-11-20(15-18)10-6-7-14-33-27(17-29)23-13-12-21(28-3)16-22(23)24(34-19(2)30)25(31-4)26(27)32-5/h8-9,11-13,15-17,26,28H,6-7,10,14H2,1-5H3. The summed E-state index contributed by atoms with van der Waals surface area (Å²) < 4.78 is 23.2. The van der Waals surface area contributed by atoms with Gasteiger partial charge in [-0.25, -0.2) is 0 Å². The lowest BCUT2D eigenvalue weighted by atomic mass is 9.79. The van der Waals surface area contributed by atoms with Crippen LogP contribution >= 0.6 is 0 Å². The number of aryl methyl sites for hydroxylation is 2. The van der Waals surface area contributed by atoms with E-state index in [1.54, 1.807) is 19.2 Å². The Labute approximate surface area is 201 Å². The molecule has 2 aromatic rings. The van der Waals surface area contributed by atoms with E-state index in [-0.39, 0.29) is 11.5 Å². The third kappa shape index (κ3) is 5.16. The Kier molecular flexibility index (Phi) is 8.47. The predicted molar refractivity (Wildman–Crippen MR) is 130 cm³/mol. The van der Waals surface area contributed by atoms with Gasteiger partial charge in [-0.1, -0.05) is 35.9 Å². The summed E-state index contributed by atoms with van der Waals surface area (Å²) >= 11 is 0. The first-order valence-corrected chi connectivity index (χ1v) is 11.4. The minimum atomic E-state index is -1.45. The average molecular weight is 468 g/mol. The van der Waals surface area contributed by atoms with Gasteiger partial charge >= 0.3 is 5.97 Å². The molecule has 0 amide bonds. The molecule has 34 heavy (non-hydrogen) atoms. The summed E-state index contributed by atoms with van der Waals surface area (Å²) in [6.07, 6.45) is 2.42. The fourth-order valence-corrected chi connectivity index (χ4v) is 4.40. The van der Waals surface area contributed by atoms with Crippen molar-refractivity contribution in [3.8, 4) is 0 Å². The van der Waals surface area contributed by atoms with Crippen molar-refractivity contribution in [2.45, 2.75) is 44.8 Å². The van der Waals surface area contributed by atoms with E-state index < -0.39 is 17.7 Å². The second-order valence-corrected chi connectivity index (χ2v) is 8.32. The second-order valence-electron chi connectivity index (χ2n) is 8.32. The number of rotatable bonds is 11. The van der Waals surface area contributed by atoms with Gasteiger partial charge in [0.15, 0.2) is 29.5 Å². The van der Waals surface area contributed by atoms with Crippen LogP contribution in [0.25, 0.3) is 5.76 Å². The molecule has 1 aliphatic carbocycles. The Bertz CT molecular complexity index is 1060. The van der Waals surface area contributed by atoms with Crippen LogP contribution < -0.4 is 5.32 Å². The number of benzene rings is 2. The van der Waals surface area contributed by atoms with Gasteiger partial charge < -0.3 is 24.3 Å². The second kappa shape index (κ2) is 11.3. The number of ether oxygens (including phenoxy) is 4. The van der Waals surface area contributed by atoms with Crippen molar-refractivity contribution >= 4 is 23.7 Å². The summed E-state index contributed by atoms with van der Waals surface area (Å²) in [7, 11) is 4.71. The van der Waals surface area contributed by atoms with E-state index in [9.17, 15) is 9.59 Å². The van der Waals surface area contributed by atoms with Gasteiger partial charge in [-0.2, -0.15) is 0 Å². The first-order valence-electron chi connectivity index (χ1n) is 11.4. The molecular weight excluding hydrogens is 434 g/mol. The summed E-state index contributed by atoms with van der Waals surface area (Å²) in [4.78, 5) is 24.6. The molecule has 0 fully saturated rings. The van der Waals surface area contributed by atoms with Gasteiger partial charge in [0.05, 0.1) is 7.11 Å². The van der Waals surface area contributed by atoms with Crippen molar-refractivity contribution in [2.75, 3.05) is 33.2 Å². The van der Waals surface area contributed by atoms with Crippen LogP contribution in [0, 0.1) is 6.92 Å². The molecule has 182 valence electrons. The number of methoxy groups -OCH3 is 2. The Morgan fingerprint density at radius 1 is 1.15 bits per heavy atom. The van der Waals surface area contributed by atoms with Gasteiger partial charge in [0, 0.05) is 44.5 Å². The maximum atomic E-state index is 12.7. The van der Waals surface area contributed by atoms with Crippen molar-refractivity contribution in [2.24, 2.45) is 0 Å². The predicted octanol–water partition coefficient (Wildman–Crippen LogP) is 4.38. The minimum absolute atomic E-state index is 0.217. The molecule has 1 aliphatic rings. The molecule has 0 radical (unpaired) electrons. The van der Waals surface area contributed by atoms with Crippen LogP contribution in [0.3, 0.4) is 0 Å². The van der Waals surface area contributed by atoms with E-state index >= 15 is 0 Å². The van der Waals surface area contributed by atoms with E-state index in [1.165, 1.54) is 32.3 Å². The number of carbonyl (C=O) groups excluding carboxylic acids is 2. The number of aldehydes is 1. The molecule has 0 heterocycles. The summed E-state index contributed by atoms with van der Waals surface area (Å²) in [5.41, 5.74) is 2.95. The fraction of sp³-hybridized carbons (Fsp3) is 0.407. The zero-order chi connectivity index (χ0) is 24.7. The van der Waals surface area contributed by atoms with Gasteiger partial charge in [0.25, 0.3) is 0 Å². The molecule has 0 aliphatic heterocycles. The number of fused-ring (bicyclic) bond motifs is 1. The van der Waals surface area contributed by atoms with Crippen LogP contribution in [0.2, 0.25) is 0 Å².